The molecule has 4 N–H and O–H groups in total. The van der Waals surface area contributed by atoms with Gasteiger partial charge in [0.25, 0.3) is 0 Å². The van der Waals surface area contributed by atoms with Crippen LogP contribution in [0.3, 0.4) is 0 Å². The average molecular weight is 144 g/mol. The number of primary amides is 1. The Morgan fingerprint density at radius 3 is 2.50 bits per heavy atom. The molecule has 1 amide bonds. The van der Waals surface area contributed by atoms with Crippen LogP contribution in [-0.4, -0.2) is 11.9 Å². The number of hydrogen-bond acceptors (Lipinski definition) is 2. The number of carbonyl (C=O) groups is 1. The molecule has 0 aliphatic carbocycles. The van der Waals surface area contributed by atoms with Crippen molar-refractivity contribution in [2.75, 3.05) is 0 Å². The van der Waals surface area contributed by atoms with Crippen molar-refractivity contribution < 1.29 is 4.79 Å². The topological polar surface area (TPSA) is 69.1 Å². The van der Waals surface area contributed by atoms with E-state index >= 15 is 0 Å². The van der Waals surface area contributed by atoms with Crippen LogP contribution in [0, 0.1) is 0 Å². The Morgan fingerprint density at radius 1 is 1.50 bits per heavy atom. The van der Waals surface area contributed by atoms with Gasteiger partial charge in [-0.05, 0) is 12.8 Å². The standard InChI is InChI=1S/C7H16N2O/c1-2-3-6(8)4-5-7(9)10/h6H,2-5,8H2,1H3,(H2,9,10)/t6-/m0/s1. The summed E-state index contributed by atoms with van der Waals surface area (Å²) in [5.41, 5.74) is 10.6. The SMILES string of the molecule is CCC[C@H](N)CCC(N)=O. The number of hydrogen-bond donors (Lipinski definition) is 2. The van der Waals surface area contributed by atoms with Gasteiger partial charge in [0.05, 0.1) is 0 Å². The van der Waals surface area contributed by atoms with Gasteiger partial charge < -0.3 is 11.5 Å². The zero-order chi connectivity index (χ0) is 7.98. The highest BCUT2D eigenvalue weighted by Crippen LogP contribution is 2.00. The number of rotatable bonds is 5. The Balaban J connectivity index is 3.21. The van der Waals surface area contributed by atoms with E-state index in [1.54, 1.807) is 0 Å². The number of amides is 1. The van der Waals surface area contributed by atoms with Crippen LogP contribution in [0.2, 0.25) is 0 Å². The lowest BCUT2D eigenvalue weighted by Gasteiger charge is -2.06. The van der Waals surface area contributed by atoms with E-state index in [0.29, 0.717) is 6.42 Å². The summed E-state index contributed by atoms with van der Waals surface area (Å²) in [6, 6.07) is 0.150. The van der Waals surface area contributed by atoms with Gasteiger partial charge in [0.1, 0.15) is 0 Å². The molecule has 0 aromatic carbocycles. The zero-order valence-electron chi connectivity index (χ0n) is 6.47. The number of nitrogens with two attached hydrogens (primary N) is 2. The molecule has 10 heavy (non-hydrogen) atoms. The minimum absolute atomic E-state index is 0.150. The third-order valence-electron chi connectivity index (χ3n) is 1.42. The lowest BCUT2D eigenvalue weighted by atomic mass is 10.1. The van der Waals surface area contributed by atoms with Crippen LogP contribution in [0.1, 0.15) is 32.6 Å². The maximum absolute atomic E-state index is 10.3. The minimum atomic E-state index is -0.258. The molecule has 0 fully saturated rings. The summed E-state index contributed by atoms with van der Waals surface area (Å²) in [6.07, 6.45) is 3.19. The summed E-state index contributed by atoms with van der Waals surface area (Å²) >= 11 is 0. The summed E-state index contributed by atoms with van der Waals surface area (Å²) in [7, 11) is 0. The van der Waals surface area contributed by atoms with E-state index in [-0.39, 0.29) is 11.9 Å². The molecule has 0 saturated heterocycles. The molecule has 0 unspecified atom stereocenters. The molecule has 0 rings (SSSR count). The van der Waals surface area contributed by atoms with Gasteiger partial charge in [0.2, 0.25) is 5.91 Å². The molecule has 0 aliphatic rings. The predicted molar refractivity (Wildman–Crippen MR) is 41.3 cm³/mol. The van der Waals surface area contributed by atoms with Gasteiger partial charge in [-0.3, -0.25) is 4.79 Å². The first-order chi connectivity index (χ1) is 4.66. The Morgan fingerprint density at radius 2 is 2.10 bits per heavy atom. The van der Waals surface area contributed by atoms with Crippen LogP contribution >= 0.6 is 0 Å². The summed E-state index contributed by atoms with van der Waals surface area (Å²) < 4.78 is 0. The predicted octanol–water partition coefficient (Wildman–Crippen LogP) is 0.379. The van der Waals surface area contributed by atoms with E-state index in [1.807, 2.05) is 0 Å². The smallest absolute Gasteiger partial charge is 0.217 e. The molecule has 1 atom stereocenters. The van der Waals surface area contributed by atoms with Crippen molar-refractivity contribution in [3.63, 3.8) is 0 Å². The van der Waals surface area contributed by atoms with E-state index < -0.39 is 0 Å². The monoisotopic (exact) mass is 144 g/mol. The molecule has 0 bridgehead atoms. The Labute approximate surface area is 61.8 Å². The molecule has 0 aromatic heterocycles. The van der Waals surface area contributed by atoms with Crippen LogP contribution < -0.4 is 11.5 Å². The van der Waals surface area contributed by atoms with E-state index in [1.165, 1.54) is 0 Å². The summed E-state index contributed by atoms with van der Waals surface area (Å²) in [5, 5.41) is 0. The lowest BCUT2D eigenvalue weighted by molar-refractivity contribution is -0.118. The first-order valence-electron chi connectivity index (χ1n) is 3.70. The van der Waals surface area contributed by atoms with Crippen molar-refractivity contribution in [2.24, 2.45) is 11.5 Å². The Kier molecular flexibility index (Phi) is 4.94. The van der Waals surface area contributed by atoms with Gasteiger partial charge >= 0.3 is 0 Å². The highest BCUT2D eigenvalue weighted by molar-refractivity contribution is 5.73. The third-order valence-corrected chi connectivity index (χ3v) is 1.42. The minimum Gasteiger partial charge on any atom is -0.370 e. The molecule has 0 aliphatic heterocycles. The van der Waals surface area contributed by atoms with Crippen LogP contribution in [0.5, 0.6) is 0 Å². The maximum Gasteiger partial charge on any atom is 0.217 e. The molecule has 0 radical (unpaired) electrons. The van der Waals surface area contributed by atoms with Gasteiger partial charge in [0.15, 0.2) is 0 Å². The molecular weight excluding hydrogens is 128 g/mol. The fraction of sp³-hybridized carbons (Fsp3) is 0.857. The lowest BCUT2D eigenvalue weighted by Crippen LogP contribution is -2.22. The zero-order valence-corrected chi connectivity index (χ0v) is 6.47. The van der Waals surface area contributed by atoms with Crippen LogP contribution in [0.4, 0.5) is 0 Å². The first kappa shape index (κ1) is 9.43. The normalized spacial score (nSPS) is 13.0. The summed E-state index contributed by atoms with van der Waals surface area (Å²) in [4.78, 5) is 10.3. The molecule has 0 spiro atoms. The van der Waals surface area contributed by atoms with Gasteiger partial charge in [-0.15, -0.1) is 0 Å². The van der Waals surface area contributed by atoms with E-state index in [9.17, 15) is 4.79 Å². The Bertz CT molecular complexity index is 104. The second-order valence-electron chi connectivity index (χ2n) is 2.55. The van der Waals surface area contributed by atoms with Crippen molar-refractivity contribution >= 4 is 5.91 Å². The largest absolute Gasteiger partial charge is 0.370 e. The molecule has 0 saturated carbocycles. The van der Waals surface area contributed by atoms with E-state index in [2.05, 4.69) is 6.92 Å². The van der Waals surface area contributed by atoms with Gasteiger partial charge in [-0.2, -0.15) is 0 Å². The Hall–Kier alpha value is -0.570. The number of carbonyl (C=O) groups excluding carboxylic acids is 1. The molecular formula is C7H16N2O. The quantitative estimate of drug-likeness (QED) is 0.585. The van der Waals surface area contributed by atoms with Crippen molar-refractivity contribution in [1.82, 2.24) is 0 Å². The molecule has 0 heterocycles. The average Bonchev–Trinajstić information content (AvgIpc) is 1.85. The fourth-order valence-electron chi connectivity index (χ4n) is 0.843. The molecule has 60 valence electrons. The van der Waals surface area contributed by atoms with E-state index in [0.717, 1.165) is 19.3 Å². The van der Waals surface area contributed by atoms with Crippen molar-refractivity contribution in [1.29, 1.82) is 0 Å². The summed E-state index contributed by atoms with van der Waals surface area (Å²) in [6.45, 7) is 2.07. The maximum atomic E-state index is 10.3. The second kappa shape index (κ2) is 5.23. The van der Waals surface area contributed by atoms with Gasteiger partial charge in [-0.1, -0.05) is 13.3 Å². The van der Waals surface area contributed by atoms with Gasteiger partial charge in [-0.25, -0.2) is 0 Å². The van der Waals surface area contributed by atoms with Crippen LogP contribution in [-0.2, 0) is 4.79 Å². The van der Waals surface area contributed by atoms with Crippen LogP contribution in [0.25, 0.3) is 0 Å². The summed E-state index contributed by atoms with van der Waals surface area (Å²) in [5.74, 6) is -0.258. The second-order valence-corrected chi connectivity index (χ2v) is 2.55. The highest BCUT2D eigenvalue weighted by Gasteiger charge is 2.02. The molecule has 3 heteroatoms. The molecule has 3 nitrogen and oxygen atoms in total. The van der Waals surface area contributed by atoms with E-state index in [4.69, 9.17) is 11.5 Å². The van der Waals surface area contributed by atoms with Crippen LogP contribution in [0.15, 0.2) is 0 Å². The molecule has 0 aromatic rings. The van der Waals surface area contributed by atoms with Gasteiger partial charge in [0, 0.05) is 12.5 Å². The van der Waals surface area contributed by atoms with Crippen molar-refractivity contribution in [2.45, 2.75) is 38.6 Å². The van der Waals surface area contributed by atoms with Crippen molar-refractivity contribution in [3.05, 3.63) is 0 Å². The first-order valence-corrected chi connectivity index (χ1v) is 3.70. The third kappa shape index (κ3) is 5.56. The van der Waals surface area contributed by atoms with Crippen molar-refractivity contribution in [3.8, 4) is 0 Å². The highest BCUT2D eigenvalue weighted by atomic mass is 16.1. The fourth-order valence-corrected chi connectivity index (χ4v) is 0.843.